The molecule has 2 heterocycles. The second-order valence-corrected chi connectivity index (χ2v) is 5.03. The van der Waals surface area contributed by atoms with Crippen LogP contribution in [0.25, 0.3) is 0 Å². The summed E-state index contributed by atoms with van der Waals surface area (Å²) in [4.78, 5) is 4.70. The van der Waals surface area contributed by atoms with Crippen LogP contribution < -0.4 is 0 Å². The zero-order chi connectivity index (χ0) is 12.3. The molecule has 1 aromatic rings. The molecule has 0 atom stereocenters. The molecule has 94 valence electrons. The number of piperazine rings is 1. The molecule has 4 nitrogen and oxygen atoms in total. The number of hydrogen-bond donors (Lipinski definition) is 0. The van der Waals surface area contributed by atoms with E-state index < -0.39 is 0 Å². The van der Waals surface area contributed by atoms with E-state index in [1.54, 1.807) is 0 Å². The van der Waals surface area contributed by atoms with Crippen molar-refractivity contribution in [2.24, 2.45) is 0 Å². The molecule has 5 heteroatoms. The zero-order valence-electron chi connectivity index (χ0n) is 10.2. The first-order valence-electron chi connectivity index (χ1n) is 5.83. The maximum absolute atomic E-state index is 5.81. The summed E-state index contributed by atoms with van der Waals surface area (Å²) in [6, 6.07) is 1.99. The van der Waals surface area contributed by atoms with Gasteiger partial charge in [-0.25, -0.2) is 0 Å². The van der Waals surface area contributed by atoms with E-state index in [9.17, 15) is 0 Å². The van der Waals surface area contributed by atoms with Gasteiger partial charge in [-0.15, -0.1) is 0 Å². The Morgan fingerprint density at radius 3 is 2.59 bits per heavy atom. The fourth-order valence-electron chi connectivity index (χ4n) is 2.07. The molecule has 0 aromatic carbocycles. The predicted molar refractivity (Wildman–Crippen MR) is 68.0 cm³/mol. The molecular formula is C12H18ClN3O. The van der Waals surface area contributed by atoms with Gasteiger partial charge in [0, 0.05) is 50.4 Å². The third-order valence-corrected chi connectivity index (χ3v) is 3.04. The van der Waals surface area contributed by atoms with E-state index in [2.05, 4.69) is 21.5 Å². The topological polar surface area (TPSA) is 32.5 Å². The monoisotopic (exact) mass is 255 g/mol. The molecule has 0 spiro atoms. The maximum Gasteiger partial charge on any atom is 0.133 e. The summed E-state index contributed by atoms with van der Waals surface area (Å²) >= 11 is 5.81. The number of aryl methyl sites for hydroxylation is 1. The molecule has 0 radical (unpaired) electrons. The lowest BCUT2D eigenvalue weighted by Gasteiger charge is -2.33. The Balaban J connectivity index is 1.77. The van der Waals surface area contributed by atoms with Crippen molar-refractivity contribution in [3.05, 3.63) is 29.1 Å². The van der Waals surface area contributed by atoms with Crippen LogP contribution in [0, 0.1) is 6.92 Å². The van der Waals surface area contributed by atoms with Gasteiger partial charge < -0.3 is 4.52 Å². The largest absolute Gasteiger partial charge is 0.361 e. The Labute approximate surface area is 107 Å². The van der Waals surface area contributed by atoms with Crippen LogP contribution in [0.5, 0.6) is 0 Å². The lowest BCUT2D eigenvalue weighted by Crippen LogP contribution is -2.46. The van der Waals surface area contributed by atoms with E-state index in [-0.39, 0.29) is 0 Å². The normalized spacial score (nSPS) is 18.5. The molecule has 1 aliphatic rings. The minimum atomic E-state index is 0.713. The quantitative estimate of drug-likeness (QED) is 0.822. The van der Waals surface area contributed by atoms with Crippen molar-refractivity contribution in [2.75, 3.05) is 32.7 Å². The van der Waals surface area contributed by atoms with E-state index in [1.165, 1.54) is 0 Å². The average Bonchev–Trinajstić information content (AvgIpc) is 2.66. The van der Waals surface area contributed by atoms with Crippen molar-refractivity contribution in [1.29, 1.82) is 0 Å². The Bertz CT molecular complexity index is 383. The van der Waals surface area contributed by atoms with Crippen molar-refractivity contribution < 1.29 is 4.52 Å². The maximum atomic E-state index is 5.81. The molecule has 0 saturated carbocycles. The predicted octanol–water partition coefficient (Wildman–Crippen LogP) is 1.85. The van der Waals surface area contributed by atoms with Gasteiger partial charge in [-0.2, -0.15) is 0 Å². The Morgan fingerprint density at radius 2 is 2.06 bits per heavy atom. The lowest BCUT2D eigenvalue weighted by atomic mass is 10.3. The highest BCUT2D eigenvalue weighted by molar-refractivity contribution is 6.29. The van der Waals surface area contributed by atoms with Gasteiger partial charge in [-0.05, 0) is 6.92 Å². The highest BCUT2D eigenvalue weighted by atomic mass is 35.5. The third kappa shape index (κ3) is 3.84. The summed E-state index contributed by atoms with van der Waals surface area (Å²) in [6.45, 7) is 11.4. The van der Waals surface area contributed by atoms with Crippen molar-refractivity contribution in [3.63, 3.8) is 0 Å². The van der Waals surface area contributed by atoms with E-state index in [0.29, 0.717) is 5.03 Å². The number of hydrogen-bond acceptors (Lipinski definition) is 4. The summed E-state index contributed by atoms with van der Waals surface area (Å²) in [6.07, 6.45) is 0. The number of halogens is 1. The first-order valence-corrected chi connectivity index (χ1v) is 6.21. The van der Waals surface area contributed by atoms with Crippen LogP contribution in [0.3, 0.4) is 0 Å². The standard InChI is InChI=1S/C12H18ClN3O/c1-10(13)8-15-3-5-16(6-4-15)9-12-7-11(2)17-14-12/h7H,1,3-6,8-9H2,2H3. The van der Waals surface area contributed by atoms with Crippen LogP contribution in [0.4, 0.5) is 0 Å². The van der Waals surface area contributed by atoms with E-state index in [1.807, 2.05) is 13.0 Å². The number of nitrogens with zero attached hydrogens (tertiary/aromatic N) is 3. The van der Waals surface area contributed by atoms with Gasteiger partial charge in [0.25, 0.3) is 0 Å². The fraction of sp³-hybridized carbons (Fsp3) is 0.583. The van der Waals surface area contributed by atoms with Gasteiger partial charge in [0.05, 0.1) is 5.69 Å². The van der Waals surface area contributed by atoms with Crippen LogP contribution in [0.1, 0.15) is 11.5 Å². The highest BCUT2D eigenvalue weighted by Crippen LogP contribution is 2.10. The van der Waals surface area contributed by atoms with Gasteiger partial charge >= 0.3 is 0 Å². The summed E-state index contributed by atoms with van der Waals surface area (Å²) in [5, 5.41) is 4.73. The first kappa shape index (κ1) is 12.6. The SMILES string of the molecule is C=C(Cl)CN1CCN(Cc2cc(C)on2)CC1. The van der Waals surface area contributed by atoms with Crippen molar-refractivity contribution in [1.82, 2.24) is 15.0 Å². The van der Waals surface area contributed by atoms with E-state index in [0.717, 1.165) is 50.7 Å². The Hall–Kier alpha value is -0.840. The van der Waals surface area contributed by atoms with E-state index >= 15 is 0 Å². The van der Waals surface area contributed by atoms with Crippen LogP contribution in [-0.4, -0.2) is 47.7 Å². The van der Waals surface area contributed by atoms with Crippen molar-refractivity contribution in [3.8, 4) is 0 Å². The van der Waals surface area contributed by atoms with Crippen molar-refractivity contribution >= 4 is 11.6 Å². The van der Waals surface area contributed by atoms with Gasteiger partial charge in [0.2, 0.25) is 0 Å². The molecule has 2 rings (SSSR count). The fourth-order valence-corrected chi connectivity index (χ4v) is 2.24. The summed E-state index contributed by atoms with van der Waals surface area (Å²) < 4.78 is 5.06. The second-order valence-electron chi connectivity index (χ2n) is 4.50. The smallest absolute Gasteiger partial charge is 0.133 e. The van der Waals surface area contributed by atoms with Crippen LogP contribution in [0.15, 0.2) is 22.2 Å². The molecular weight excluding hydrogens is 238 g/mol. The third-order valence-electron chi connectivity index (χ3n) is 2.92. The van der Waals surface area contributed by atoms with Gasteiger partial charge in [0.15, 0.2) is 0 Å². The van der Waals surface area contributed by atoms with E-state index in [4.69, 9.17) is 16.1 Å². The summed E-state index contributed by atoms with van der Waals surface area (Å²) in [5.74, 6) is 0.872. The molecule has 0 N–H and O–H groups in total. The summed E-state index contributed by atoms with van der Waals surface area (Å²) in [7, 11) is 0. The molecule has 1 aliphatic heterocycles. The molecule has 17 heavy (non-hydrogen) atoms. The van der Waals surface area contributed by atoms with Crippen LogP contribution in [0.2, 0.25) is 0 Å². The average molecular weight is 256 g/mol. The van der Waals surface area contributed by atoms with Gasteiger partial charge in [-0.1, -0.05) is 23.3 Å². The highest BCUT2D eigenvalue weighted by Gasteiger charge is 2.17. The molecule has 1 aromatic heterocycles. The summed E-state index contributed by atoms with van der Waals surface area (Å²) in [5.41, 5.74) is 1.01. The minimum absolute atomic E-state index is 0.713. The van der Waals surface area contributed by atoms with Crippen LogP contribution in [-0.2, 0) is 6.54 Å². The Morgan fingerprint density at radius 1 is 1.41 bits per heavy atom. The zero-order valence-corrected chi connectivity index (χ0v) is 10.9. The molecule has 1 fully saturated rings. The molecule has 0 amide bonds. The van der Waals surface area contributed by atoms with Crippen LogP contribution >= 0.6 is 11.6 Å². The van der Waals surface area contributed by atoms with Gasteiger partial charge in [0.1, 0.15) is 5.76 Å². The first-order chi connectivity index (χ1) is 8.13. The number of rotatable bonds is 4. The van der Waals surface area contributed by atoms with Gasteiger partial charge in [-0.3, -0.25) is 9.80 Å². The Kier molecular flexibility index (Phi) is 4.20. The lowest BCUT2D eigenvalue weighted by molar-refractivity contribution is 0.134. The second kappa shape index (κ2) is 5.67. The minimum Gasteiger partial charge on any atom is -0.361 e. The molecule has 0 unspecified atom stereocenters. The molecule has 0 bridgehead atoms. The van der Waals surface area contributed by atoms with Crippen molar-refractivity contribution in [2.45, 2.75) is 13.5 Å². The molecule has 0 aliphatic carbocycles. The molecule has 1 saturated heterocycles. The number of aromatic nitrogens is 1.